The second-order valence-corrected chi connectivity index (χ2v) is 9.62. The third-order valence-electron chi connectivity index (χ3n) is 7.70. The van der Waals surface area contributed by atoms with Crippen LogP contribution in [0.15, 0.2) is 36.4 Å². The lowest BCUT2D eigenvalue weighted by atomic mass is 9.56. The highest BCUT2D eigenvalue weighted by molar-refractivity contribution is 6.31. The number of amides is 1. The number of hydrogen-bond acceptors (Lipinski definition) is 2. The second-order valence-electron chi connectivity index (χ2n) is 8.78. The number of anilines is 1. The van der Waals surface area contributed by atoms with Gasteiger partial charge in [0.05, 0.1) is 5.02 Å². The average Bonchev–Trinajstić information content (AvgIpc) is 3.18. The van der Waals surface area contributed by atoms with Crippen LogP contribution in [0.3, 0.4) is 0 Å². The maximum absolute atomic E-state index is 15.3. The van der Waals surface area contributed by atoms with Gasteiger partial charge in [-0.1, -0.05) is 67.6 Å². The lowest BCUT2D eigenvalue weighted by molar-refractivity contribution is -0.126. The maximum Gasteiger partial charge on any atom is 0.237 e. The molecule has 30 heavy (non-hydrogen) atoms. The Morgan fingerprint density at radius 1 is 1.17 bits per heavy atom. The summed E-state index contributed by atoms with van der Waals surface area (Å²) in [6.07, 6.45) is 5.16. The number of benzene rings is 2. The van der Waals surface area contributed by atoms with E-state index in [0.717, 1.165) is 43.5 Å². The number of fused-ring (bicyclic) bond motifs is 3. The molecule has 6 heteroatoms. The number of likely N-dealkylation sites (N-methyl/N-ethyl adjacent to an activating group) is 1. The summed E-state index contributed by atoms with van der Waals surface area (Å²) >= 11 is 12.4. The van der Waals surface area contributed by atoms with E-state index >= 15 is 4.39 Å². The van der Waals surface area contributed by atoms with Crippen molar-refractivity contribution in [2.24, 2.45) is 0 Å². The van der Waals surface area contributed by atoms with Gasteiger partial charge in [-0.25, -0.2) is 4.39 Å². The Hall–Kier alpha value is -1.62. The predicted molar refractivity (Wildman–Crippen MR) is 119 cm³/mol. The highest BCUT2D eigenvalue weighted by Crippen LogP contribution is 2.64. The van der Waals surface area contributed by atoms with Gasteiger partial charge in [0.15, 0.2) is 0 Å². The molecule has 2 aromatic carbocycles. The number of rotatable bonds is 2. The first-order chi connectivity index (χ1) is 14.5. The molecule has 1 saturated heterocycles. The first kappa shape index (κ1) is 20.3. The van der Waals surface area contributed by atoms with E-state index in [9.17, 15) is 4.79 Å². The molecule has 2 aliphatic heterocycles. The van der Waals surface area contributed by atoms with Crippen LogP contribution in [0, 0.1) is 5.82 Å². The van der Waals surface area contributed by atoms with Gasteiger partial charge in [0.25, 0.3) is 0 Å². The van der Waals surface area contributed by atoms with Gasteiger partial charge in [0.1, 0.15) is 11.2 Å². The third kappa shape index (κ3) is 2.50. The summed E-state index contributed by atoms with van der Waals surface area (Å²) in [5.74, 6) is -0.777. The topological polar surface area (TPSA) is 32.3 Å². The summed E-state index contributed by atoms with van der Waals surface area (Å²) in [5.41, 5.74) is 1.01. The van der Waals surface area contributed by atoms with Gasteiger partial charge in [-0.15, -0.1) is 0 Å². The lowest BCUT2D eigenvalue weighted by Crippen LogP contribution is -2.61. The zero-order chi connectivity index (χ0) is 21.1. The highest BCUT2D eigenvalue weighted by Gasteiger charge is 2.70. The number of hydrogen-bond donors (Lipinski definition) is 1. The Balaban J connectivity index is 1.82. The zero-order valence-electron chi connectivity index (χ0n) is 17.0. The van der Waals surface area contributed by atoms with Crippen molar-refractivity contribution in [1.82, 2.24) is 4.90 Å². The van der Waals surface area contributed by atoms with Crippen molar-refractivity contribution in [3.05, 3.63) is 63.4 Å². The standard InChI is InChI=1S/C24H25Cl2FN2O/c1-2-29-14-18(16-7-6-8-19(26)21(16)27)24(23(29)11-4-3-5-12-23)17-10-9-15(25)13-20(17)28-22(24)30/h6-10,13,18H,2-5,11-12,14H2,1H3,(H,28,30)/t18?,24-/m1/s1. The normalized spacial score (nSPS) is 27.6. The van der Waals surface area contributed by atoms with Crippen LogP contribution in [0.1, 0.15) is 56.1 Å². The molecular formula is C24H25Cl2FN2O. The van der Waals surface area contributed by atoms with Crippen LogP contribution in [0.5, 0.6) is 0 Å². The first-order valence-electron chi connectivity index (χ1n) is 10.8. The second kappa shape index (κ2) is 7.22. The Labute approximate surface area is 186 Å². The summed E-state index contributed by atoms with van der Waals surface area (Å²) in [6, 6.07) is 10.8. The Morgan fingerprint density at radius 2 is 1.93 bits per heavy atom. The fraction of sp³-hybridized carbons (Fsp3) is 0.458. The third-order valence-corrected chi connectivity index (χ3v) is 8.22. The van der Waals surface area contributed by atoms with Gasteiger partial charge < -0.3 is 5.32 Å². The van der Waals surface area contributed by atoms with Gasteiger partial charge in [0, 0.05) is 28.7 Å². The molecule has 2 atom stereocenters. The largest absolute Gasteiger partial charge is 0.325 e. The summed E-state index contributed by atoms with van der Waals surface area (Å²) in [6.45, 7) is 3.58. The summed E-state index contributed by atoms with van der Waals surface area (Å²) < 4.78 is 15.3. The number of nitrogens with one attached hydrogen (secondary N) is 1. The van der Waals surface area contributed by atoms with E-state index in [1.165, 1.54) is 6.42 Å². The summed E-state index contributed by atoms with van der Waals surface area (Å²) in [4.78, 5) is 16.4. The van der Waals surface area contributed by atoms with E-state index < -0.39 is 11.2 Å². The van der Waals surface area contributed by atoms with Crippen molar-refractivity contribution < 1.29 is 9.18 Å². The Kier molecular flexibility index (Phi) is 4.88. The molecule has 2 fully saturated rings. The molecule has 0 bridgehead atoms. The fourth-order valence-corrected chi connectivity index (χ4v) is 6.97. The molecule has 0 aromatic heterocycles. The molecule has 1 saturated carbocycles. The molecule has 3 aliphatic rings. The van der Waals surface area contributed by atoms with Gasteiger partial charge in [0.2, 0.25) is 5.91 Å². The SMILES string of the molecule is CCN1CC(c2cccc(Cl)c2F)[C@]2(C(=O)Nc3cc(Cl)ccc32)C12CCCCC2. The minimum absolute atomic E-state index is 0.0398. The van der Waals surface area contributed by atoms with Crippen molar-refractivity contribution in [2.75, 3.05) is 18.4 Å². The molecule has 1 unspecified atom stereocenters. The predicted octanol–water partition coefficient (Wildman–Crippen LogP) is 6.14. The number of likely N-dealkylation sites (tertiary alicyclic amines) is 1. The average molecular weight is 447 g/mol. The van der Waals surface area contributed by atoms with Gasteiger partial charge >= 0.3 is 0 Å². The Morgan fingerprint density at radius 3 is 2.67 bits per heavy atom. The van der Waals surface area contributed by atoms with Crippen molar-refractivity contribution in [2.45, 2.75) is 55.9 Å². The lowest BCUT2D eigenvalue weighted by Gasteiger charge is -2.50. The smallest absolute Gasteiger partial charge is 0.237 e. The maximum atomic E-state index is 15.3. The highest BCUT2D eigenvalue weighted by atomic mass is 35.5. The van der Waals surface area contributed by atoms with Crippen molar-refractivity contribution in [3.8, 4) is 0 Å². The molecule has 158 valence electrons. The van der Waals surface area contributed by atoms with E-state index in [-0.39, 0.29) is 22.4 Å². The molecular weight excluding hydrogens is 422 g/mol. The Bertz CT molecular complexity index is 1020. The summed E-state index contributed by atoms with van der Waals surface area (Å²) in [5, 5.41) is 3.80. The number of nitrogens with zero attached hydrogens (tertiary/aromatic N) is 1. The van der Waals surface area contributed by atoms with E-state index in [2.05, 4.69) is 17.1 Å². The molecule has 3 nitrogen and oxygen atoms in total. The van der Waals surface area contributed by atoms with Crippen LogP contribution in [0.2, 0.25) is 10.0 Å². The van der Waals surface area contributed by atoms with Gasteiger partial charge in [-0.3, -0.25) is 9.69 Å². The fourth-order valence-electron chi connectivity index (χ4n) is 6.62. The molecule has 2 aromatic rings. The van der Waals surface area contributed by atoms with Crippen LogP contribution in [0.4, 0.5) is 10.1 Å². The van der Waals surface area contributed by atoms with Crippen LogP contribution in [-0.4, -0.2) is 29.4 Å². The molecule has 1 amide bonds. The number of halogens is 3. The van der Waals surface area contributed by atoms with E-state index in [0.29, 0.717) is 17.1 Å². The van der Waals surface area contributed by atoms with E-state index in [1.807, 2.05) is 18.2 Å². The van der Waals surface area contributed by atoms with Crippen LogP contribution in [-0.2, 0) is 10.2 Å². The van der Waals surface area contributed by atoms with Crippen molar-refractivity contribution in [3.63, 3.8) is 0 Å². The molecule has 1 aliphatic carbocycles. The monoisotopic (exact) mass is 446 g/mol. The number of carbonyl (C=O) groups excluding carboxylic acids is 1. The molecule has 2 spiro atoms. The van der Waals surface area contributed by atoms with E-state index in [4.69, 9.17) is 23.2 Å². The minimum atomic E-state index is -0.866. The molecule has 0 radical (unpaired) electrons. The quantitative estimate of drug-likeness (QED) is 0.600. The van der Waals surface area contributed by atoms with Crippen molar-refractivity contribution in [1.29, 1.82) is 0 Å². The van der Waals surface area contributed by atoms with E-state index in [1.54, 1.807) is 18.2 Å². The molecule has 5 rings (SSSR count). The molecule has 2 heterocycles. The zero-order valence-corrected chi connectivity index (χ0v) is 18.5. The van der Waals surface area contributed by atoms with Crippen LogP contribution >= 0.6 is 23.2 Å². The minimum Gasteiger partial charge on any atom is -0.325 e. The van der Waals surface area contributed by atoms with Gasteiger partial charge in [-0.2, -0.15) is 0 Å². The molecule has 1 N–H and O–H groups in total. The first-order valence-corrected chi connectivity index (χ1v) is 11.5. The number of carbonyl (C=O) groups is 1. The summed E-state index contributed by atoms with van der Waals surface area (Å²) in [7, 11) is 0. The van der Waals surface area contributed by atoms with Crippen molar-refractivity contribution >= 4 is 34.8 Å². The van der Waals surface area contributed by atoms with Gasteiger partial charge in [-0.05, 0) is 48.7 Å². The van der Waals surface area contributed by atoms with Crippen LogP contribution < -0.4 is 5.32 Å². The van der Waals surface area contributed by atoms with Crippen LogP contribution in [0.25, 0.3) is 0 Å².